The predicted octanol–water partition coefficient (Wildman–Crippen LogP) is 3.26. The molecule has 0 radical (unpaired) electrons. The Hall–Kier alpha value is -1.42. The van der Waals surface area contributed by atoms with Gasteiger partial charge in [-0.15, -0.1) is 0 Å². The first-order valence-electron chi connectivity index (χ1n) is 6.13. The van der Waals surface area contributed by atoms with Gasteiger partial charge in [0, 0.05) is 12.0 Å². The highest BCUT2D eigenvalue weighted by atomic mass is 32.1. The first-order chi connectivity index (χ1) is 8.74. The Balaban J connectivity index is 2.24. The van der Waals surface area contributed by atoms with Gasteiger partial charge in [0.2, 0.25) is 0 Å². The highest BCUT2D eigenvalue weighted by molar-refractivity contribution is 7.80. The summed E-state index contributed by atoms with van der Waals surface area (Å²) < 4.78 is 5.54. The summed E-state index contributed by atoms with van der Waals surface area (Å²) in [5.74, 6) is 2.72. The third-order valence-electron chi connectivity index (χ3n) is 2.76. The maximum atomic E-state index is 5.54. The Kier molecular flexibility index (Phi) is 4.31. The van der Waals surface area contributed by atoms with Gasteiger partial charge in [-0.3, -0.25) is 0 Å². The van der Waals surface area contributed by atoms with Crippen molar-refractivity contribution >= 4 is 12.6 Å². The van der Waals surface area contributed by atoms with Crippen molar-refractivity contribution in [3.05, 3.63) is 35.8 Å². The van der Waals surface area contributed by atoms with Crippen LogP contribution in [-0.4, -0.2) is 22.3 Å². The number of rotatable bonds is 5. The third-order valence-corrected chi connectivity index (χ3v) is 2.99. The first kappa shape index (κ1) is 13.0. The number of H-pyrrole nitrogens is 1. The molecular formula is C14H18N2OS. The fourth-order valence-electron chi connectivity index (χ4n) is 1.88. The number of aromatic amines is 1. The number of nitrogens with one attached hydrogen (secondary N) is 1. The summed E-state index contributed by atoms with van der Waals surface area (Å²) in [6.45, 7) is 4.74. The molecule has 18 heavy (non-hydrogen) atoms. The van der Waals surface area contributed by atoms with Crippen molar-refractivity contribution in [2.45, 2.75) is 20.3 Å². The minimum Gasteiger partial charge on any atom is -0.494 e. The van der Waals surface area contributed by atoms with Gasteiger partial charge in [-0.1, -0.05) is 0 Å². The fraction of sp³-hybridized carbons (Fsp3) is 0.357. The van der Waals surface area contributed by atoms with E-state index >= 15 is 0 Å². The molecule has 1 aromatic heterocycles. The molecule has 0 saturated carbocycles. The van der Waals surface area contributed by atoms with Crippen LogP contribution >= 0.6 is 12.6 Å². The maximum absolute atomic E-state index is 5.54. The number of imidazole rings is 1. The van der Waals surface area contributed by atoms with Crippen LogP contribution in [0.5, 0.6) is 5.75 Å². The highest BCUT2D eigenvalue weighted by Gasteiger charge is 2.05. The quantitative estimate of drug-likeness (QED) is 0.812. The third kappa shape index (κ3) is 2.88. The van der Waals surface area contributed by atoms with E-state index in [2.05, 4.69) is 41.7 Å². The Bertz CT molecular complexity index is 522. The summed E-state index contributed by atoms with van der Waals surface area (Å²) in [5, 5.41) is 0. The van der Waals surface area contributed by atoms with Gasteiger partial charge < -0.3 is 9.72 Å². The van der Waals surface area contributed by atoms with Crippen molar-refractivity contribution in [2.24, 2.45) is 0 Å². The number of ether oxygens (including phenoxy) is 1. The van der Waals surface area contributed by atoms with Crippen LogP contribution in [0.4, 0.5) is 0 Å². The van der Waals surface area contributed by atoms with Crippen LogP contribution in [-0.2, 0) is 6.42 Å². The maximum Gasteiger partial charge on any atom is 0.122 e. The van der Waals surface area contributed by atoms with Crippen LogP contribution in [0.2, 0.25) is 0 Å². The zero-order valence-electron chi connectivity index (χ0n) is 10.7. The van der Waals surface area contributed by atoms with Gasteiger partial charge in [-0.25, -0.2) is 4.98 Å². The largest absolute Gasteiger partial charge is 0.494 e. The molecule has 0 aliphatic heterocycles. The summed E-state index contributed by atoms with van der Waals surface area (Å²) in [4.78, 5) is 7.64. The Morgan fingerprint density at radius 3 is 2.89 bits per heavy atom. The van der Waals surface area contributed by atoms with Gasteiger partial charge in [0.05, 0.1) is 18.5 Å². The van der Waals surface area contributed by atoms with Crippen molar-refractivity contribution in [1.29, 1.82) is 0 Å². The summed E-state index contributed by atoms with van der Waals surface area (Å²) in [5.41, 5.74) is 3.31. The van der Waals surface area contributed by atoms with Gasteiger partial charge in [-0.05, 0) is 43.4 Å². The van der Waals surface area contributed by atoms with E-state index in [9.17, 15) is 0 Å². The van der Waals surface area contributed by atoms with Crippen molar-refractivity contribution in [2.75, 3.05) is 12.4 Å². The topological polar surface area (TPSA) is 37.9 Å². The van der Waals surface area contributed by atoms with Crippen molar-refractivity contribution in [3.63, 3.8) is 0 Å². The molecule has 1 N–H and O–H groups in total. The molecule has 1 aromatic carbocycles. The molecule has 96 valence electrons. The first-order valence-corrected chi connectivity index (χ1v) is 6.76. The summed E-state index contributed by atoms with van der Waals surface area (Å²) in [6, 6.07) is 6.17. The van der Waals surface area contributed by atoms with Gasteiger partial charge in [0.25, 0.3) is 0 Å². The molecule has 0 aliphatic rings. The van der Waals surface area contributed by atoms with Crippen LogP contribution in [0.25, 0.3) is 11.3 Å². The Labute approximate surface area is 113 Å². The zero-order chi connectivity index (χ0) is 13.0. The molecule has 0 atom stereocenters. The molecule has 4 heteroatoms. The number of hydrogen-bond acceptors (Lipinski definition) is 3. The highest BCUT2D eigenvalue weighted by Crippen LogP contribution is 2.25. The second-order valence-electron chi connectivity index (χ2n) is 4.13. The number of hydrogen-bond donors (Lipinski definition) is 2. The Morgan fingerprint density at radius 1 is 1.39 bits per heavy atom. The molecule has 0 spiro atoms. The smallest absolute Gasteiger partial charge is 0.122 e. The SMILES string of the molecule is CCOc1ccc(-c2cnc(CCS)[nH]2)cc1C. The van der Waals surface area contributed by atoms with E-state index in [0.29, 0.717) is 6.61 Å². The lowest BCUT2D eigenvalue weighted by molar-refractivity contribution is 0.338. The van der Waals surface area contributed by atoms with E-state index in [1.807, 2.05) is 19.2 Å². The summed E-state index contributed by atoms with van der Waals surface area (Å²) >= 11 is 4.21. The summed E-state index contributed by atoms with van der Waals surface area (Å²) in [6.07, 6.45) is 2.73. The number of thiol groups is 1. The van der Waals surface area contributed by atoms with Gasteiger partial charge in [0.15, 0.2) is 0 Å². The predicted molar refractivity (Wildman–Crippen MR) is 77.5 cm³/mol. The lowest BCUT2D eigenvalue weighted by Gasteiger charge is -2.08. The molecule has 0 bridgehead atoms. The molecule has 2 aromatic rings. The second kappa shape index (κ2) is 5.96. The minimum absolute atomic E-state index is 0.691. The standard InChI is InChI=1S/C14H18N2OS/c1-3-17-13-5-4-11(8-10(13)2)12-9-15-14(16-12)6-7-18/h4-5,8-9,18H,3,6-7H2,1-2H3,(H,15,16). The van der Waals surface area contributed by atoms with Gasteiger partial charge >= 0.3 is 0 Å². The molecule has 1 heterocycles. The van der Waals surface area contributed by atoms with E-state index in [4.69, 9.17) is 4.74 Å². The van der Waals surface area contributed by atoms with Crippen LogP contribution in [0.1, 0.15) is 18.3 Å². The zero-order valence-corrected chi connectivity index (χ0v) is 11.6. The molecule has 0 amide bonds. The molecule has 3 nitrogen and oxygen atoms in total. The Morgan fingerprint density at radius 2 is 2.22 bits per heavy atom. The monoisotopic (exact) mass is 262 g/mol. The number of aryl methyl sites for hydroxylation is 2. The van der Waals surface area contributed by atoms with Crippen LogP contribution in [0, 0.1) is 6.92 Å². The minimum atomic E-state index is 0.691. The van der Waals surface area contributed by atoms with Crippen molar-refractivity contribution in [3.8, 4) is 17.0 Å². The van der Waals surface area contributed by atoms with E-state index in [-0.39, 0.29) is 0 Å². The fourth-order valence-corrected chi connectivity index (χ4v) is 2.09. The van der Waals surface area contributed by atoms with Crippen molar-refractivity contribution in [1.82, 2.24) is 9.97 Å². The molecular weight excluding hydrogens is 244 g/mol. The number of nitrogens with zero attached hydrogens (tertiary/aromatic N) is 1. The average molecular weight is 262 g/mol. The van der Waals surface area contributed by atoms with E-state index in [1.54, 1.807) is 0 Å². The lowest BCUT2D eigenvalue weighted by atomic mass is 10.1. The molecule has 2 rings (SSSR count). The van der Waals surface area contributed by atoms with Crippen LogP contribution < -0.4 is 4.74 Å². The number of aromatic nitrogens is 2. The normalized spacial score (nSPS) is 10.6. The van der Waals surface area contributed by atoms with E-state index < -0.39 is 0 Å². The van der Waals surface area contributed by atoms with Crippen LogP contribution in [0.3, 0.4) is 0 Å². The average Bonchev–Trinajstić information content (AvgIpc) is 2.81. The molecule has 0 aliphatic carbocycles. The molecule has 0 saturated heterocycles. The molecule has 0 fully saturated rings. The van der Waals surface area contributed by atoms with Gasteiger partial charge in [-0.2, -0.15) is 12.6 Å². The second-order valence-corrected chi connectivity index (χ2v) is 4.58. The van der Waals surface area contributed by atoms with E-state index in [1.165, 1.54) is 0 Å². The van der Waals surface area contributed by atoms with Gasteiger partial charge in [0.1, 0.15) is 11.6 Å². The van der Waals surface area contributed by atoms with Crippen molar-refractivity contribution < 1.29 is 4.74 Å². The summed E-state index contributed by atoms with van der Waals surface area (Å²) in [7, 11) is 0. The molecule has 0 unspecified atom stereocenters. The van der Waals surface area contributed by atoms with Crippen LogP contribution in [0.15, 0.2) is 24.4 Å². The van der Waals surface area contributed by atoms with E-state index in [0.717, 1.165) is 40.6 Å². The number of benzene rings is 1. The lowest BCUT2D eigenvalue weighted by Crippen LogP contribution is -1.94.